The number of carbonyl (C=O) groups excluding carboxylic acids is 2. The maximum absolute atomic E-state index is 10.6. The molecular formula is C8H6O7. The van der Waals surface area contributed by atoms with Crippen LogP contribution in [0.1, 0.15) is 0 Å². The summed E-state index contributed by atoms with van der Waals surface area (Å²) < 4.78 is 3.97. The minimum Gasteiger partial charge on any atom is -0.478 e. The zero-order chi connectivity index (χ0) is 11.8. The van der Waals surface area contributed by atoms with Gasteiger partial charge in [0.1, 0.15) is 0 Å². The average Bonchev–Trinajstić information content (AvgIpc) is 2.11. The Bertz CT molecular complexity index is 316. The molecule has 0 atom stereocenters. The molecule has 7 nitrogen and oxygen atoms in total. The van der Waals surface area contributed by atoms with E-state index in [2.05, 4.69) is 4.74 Å². The normalized spacial score (nSPS) is 10.4. The number of esters is 2. The smallest absolute Gasteiger partial charge is 0.338 e. The Labute approximate surface area is 83.3 Å². The van der Waals surface area contributed by atoms with E-state index in [0.29, 0.717) is 24.3 Å². The van der Waals surface area contributed by atoms with Crippen LogP contribution >= 0.6 is 0 Å². The van der Waals surface area contributed by atoms with E-state index in [4.69, 9.17) is 10.2 Å². The van der Waals surface area contributed by atoms with E-state index in [1.54, 1.807) is 0 Å². The highest BCUT2D eigenvalue weighted by atomic mass is 16.6. The number of hydrogen-bond acceptors (Lipinski definition) is 5. The monoisotopic (exact) mass is 214 g/mol. The highest BCUT2D eigenvalue weighted by Gasteiger charge is 2.04. The zero-order valence-electron chi connectivity index (χ0n) is 7.25. The topological polar surface area (TPSA) is 118 Å². The van der Waals surface area contributed by atoms with Crippen LogP contribution in [0.25, 0.3) is 0 Å². The molecule has 2 N–H and O–H groups in total. The fourth-order valence-corrected chi connectivity index (χ4v) is 0.446. The summed E-state index contributed by atoms with van der Waals surface area (Å²) in [6, 6.07) is 0. The minimum absolute atomic E-state index is 0.483. The lowest BCUT2D eigenvalue weighted by atomic mass is 10.5. The van der Waals surface area contributed by atoms with Gasteiger partial charge in [0.2, 0.25) is 0 Å². The molecular weight excluding hydrogens is 208 g/mol. The van der Waals surface area contributed by atoms with Crippen LogP contribution in [0.4, 0.5) is 0 Å². The maximum Gasteiger partial charge on any atom is 0.338 e. The Morgan fingerprint density at radius 3 is 1.33 bits per heavy atom. The van der Waals surface area contributed by atoms with Crippen LogP contribution in [0.3, 0.4) is 0 Å². The molecule has 7 heteroatoms. The van der Waals surface area contributed by atoms with Gasteiger partial charge in [0, 0.05) is 24.3 Å². The minimum atomic E-state index is -1.37. The summed E-state index contributed by atoms with van der Waals surface area (Å²) in [7, 11) is 0. The molecule has 15 heavy (non-hydrogen) atoms. The second-order valence-electron chi connectivity index (χ2n) is 2.08. The van der Waals surface area contributed by atoms with Crippen molar-refractivity contribution in [1.29, 1.82) is 0 Å². The fraction of sp³-hybridized carbons (Fsp3) is 0. The van der Waals surface area contributed by atoms with Gasteiger partial charge in [-0.15, -0.1) is 0 Å². The second kappa shape index (κ2) is 6.08. The number of hydrogen-bond donors (Lipinski definition) is 2. The van der Waals surface area contributed by atoms with Gasteiger partial charge in [-0.2, -0.15) is 0 Å². The van der Waals surface area contributed by atoms with Crippen LogP contribution in [0.15, 0.2) is 24.3 Å². The second-order valence-corrected chi connectivity index (χ2v) is 2.08. The molecule has 0 aliphatic carbocycles. The molecule has 80 valence electrons. The van der Waals surface area contributed by atoms with E-state index < -0.39 is 23.9 Å². The number of ether oxygens (including phenoxy) is 1. The van der Waals surface area contributed by atoms with Gasteiger partial charge in [0.15, 0.2) is 0 Å². The number of rotatable bonds is 4. The Hall–Kier alpha value is -2.44. The zero-order valence-corrected chi connectivity index (χ0v) is 7.25. The summed E-state index contributed by atoms with van der Waals surface area (Å²) in [5.74, 6) is -5.14. The van der Waals surface area contributed by atoms with Gasteiger partial charge in [-0.05, 0) is 0 Å². The quantitative estimate of drug-likeness (QED) is 0.362. The predicted octanol–water partition coefficient (Wildman–Crippen LogP) is -0.662. The van der Waals surface area contributed by atoms with Crippen molar-refractivity contribution in [2.75, 3.05) is 0 Å². The SMILES string of the molecule is O=C(O)/C=C\C(=O)OC(=O)/C=C/C(=O)O. The molecule has 0 bridgehead atoms. The Morgan fingerprint density at radius 1 is 0.733 bits per heavy atom. The van der Waals surface area contributed by atoms with Crippen LogP contribution in [0.5, 0.6) is 0 Å². The van der Waals surface area contributed by atoms with E-state index in [-0.39, 0.29) is 0 Å². The van der Waals surface area contributed by atoms with Crippen LogP contribution in [0, 0.1) is 0 Å². The summed E-state index contributed by atoms with van der Waals surface area (Å²) in [6.07, 6.45) is 2.01. The Morgan fingerprint density at radius 2 is 1.07 bits per heavy atom. The molecule has 0 aliphatic rings. The molecule has 0 spiro atoms. The highest BCUT2D eigenvalue weighted by Crippen LogP contribution is 1.86. The van der Waals surface area contributed by atoms with Crippen molar-refractivity contribution in [3.05, 3.63) is 24.3 Å². The Balaban J connectivity index is 4.14. The van der Waals surface area contributed by atoms with Crippen molar-refractivity contribution < 1.29 is 34.1 Å². The lowest BCUT2D eigenvalue weighted by Gasteiger charge is -1.92. The van der Waals surface area contributed by atoms with Crippen LogP contribution in [0.2, 0.25) is 0 Å². The predicted molar refractivity (Wildman–Crippen MR) is 44.7 cm³/mol. The largest absolute Gasteiger partial charge is 0.478 e. The molecule has 0 aromatic heterocycles. The molecule has 0 radical (unpaired) electrons. The maximum atomic E-state index is 10.6. The lowest BCUT2D eigenvalue weighted by Crippen LogP contribution is -2.08. The van der Waals surface area contributed by atoms with Gasteiger partial charge in [-0.1, -0.05) is 0 Å². The van der Waals surface area contributed by atoms with Crippen molar-refractivity contribution in [2.24, 2.45) is 0 Å². The third kappa shape index (κ3) is 7.91. The summed E-state index contributed by atoms with van der Waals surface area (Å²) in [6.45, 7) is 0. The van der Waals surface area contributed by atoms with Crippen molar-refractivity contribution in [3.63, 3.8) is 0 Å². The van der Waals surface area contributed by atoms with Gasteiger partial charge in [0.25, 0.3) is 0 Å². The number of carboxylic acids is 2. The van der Waals surface area contributed by atoms with Crippen molar-refractivity contribution >= 4 is 23.9 Å². The number of aliphatic carboxylic acids is 2. The molecule has 0 aromatic carbocycles. The van der Waals surface area contributed by atoms with Gasteiger partial charge in [0.05, 0.1) is 0 Å². The van der Waals surface area contributed by atoms with E-state index in [9.17, 15) is 19.2 Å². The lowest BCUT2D eigenvalue weighted by molar-refractivity contribution is -0.153. The molecule has 0 aliphatic heterocycles. The third-order valence-corrected chi connectivity index (χ3v) is 0.925. The van der Waals surface area contributed by atoms with E-state index >= 15 is 0 Å². The molecule has 0 unspecified atom stereocenters. The first-order valence-electron chi connectivity index (χ1n) is 3.49. The molecule has 0 saturated carbocycles. The summed E-state index contributed by atoms with van der Waals surface area (Å²) >= 11 is 0. The first-order valence-corrected chi connectivity index (χ1v) is 3.49. The van der Waals surface area contributed by atoms with Gasteiger partial charge < -0.3 is 14.9 Å². The van der Waals surface area contributed by atoms with Crippen LogP contribution in [-0.2, 0) is 23.9 Å². The molecule has 0 amide bonds. The van der Waals surface area contributed by atoms with Gasteiger partial charge >= 0.3 is 23.9 Å². The first kappa shape index (κ1) is 12.6. The van der Waals surface area contributed by atoms with Gasteiger partial charge in [-0.25, -0.2) is 19.2 Å². The Kier molecular flexibility index (Phi) is 5.09. The van der Waals surface area contributed by atoms with Crippen LogP contribution in [-0.4, -0.2) is 34.1 Å². The molecule has 0 saturated heterocycles. The molecule has 0 rings (SSSR count). The van der Waals surface area contributed by atoms with Crippen molar-refractivity contribution in [3.8, 4) is 0 Å². The first-order chi connectivity index (χ1) is 6.91. The standard InChI is InChI=1S/C8H6O7/c9-5(10)1-3-7(13)15-8(14)4-2-6(11)12/h1-4H,(H,9,10)(H,11,12)/b3-1-,4-2+. The summed E-state index contributed by atoms with van der Waals surface area (Å²) in [5, 5.41) is 16.2. The molecule has 0 heterocycles. The van der Waals surface area contributed by atoms with Gasteiger partial charge in [-0.3, -0.25) is 0 Å². The molecule has 0 fully saturated rings. The summed E-state index contributed by atoms with van der Waals surface area (Å²) in [5.41, 5.74) is 0. The van der Waals surface area contributed by atoms with E-state index in [1.165, 1.54) is 0 Å². The highest BCUT2D eigenvalue weighted by molar-refractivity contribution is 6.00. The average molecular weight is 214 g/mol. The number of carboxylic acid groups (broad SMARTS) is 2. The van der Waals surface area contributed by atoms with E-state index in [1.807, 2.05) is 0 Å². The molecule has 0 aromatic rings. The third-order valence-electron chi connectivity index (χ3n) is 0.925. The number of carbonyl (C=O) groups is 4. The fourth-order valence-electron chi connectivity index (χ4n) is 0.446. The van der Waals surface area contributed by atoms with Crippen molar-refractivity contribution in [2.45, 2.75) is 0 Å². The van der Waals surface area contributed by atoms with Crippen molar-refractivity contribution in [1.82, 2.24) is 0 Å². The van der Waals surface area contributed by atoms with Crippen LogP contribution < -0.4 is 0 Å². The van der Waals surface area contributed by atoms with E-state index in [0.717, 1.165) is 0 Å². The summed E-state index contributed by atoms with van der Waals surface area (Å²) in [4.78, 5) is 41.1.